The zero-order valence-corrected chi connectivity index (χ0v) is 7.96. The molecule has 0 heterocycles. The molecule has 0 spiro atoms. The highest BCUT2D eigenvalue weighted by Crippen LogP contribution is 2.23. The molecule has 0 radical (unpaired) electrons. The number of rotatable bonds is 1. The third-order valence-electron chi connectivity index (χ3n) is 2.51. The molecule has 0 aromatic heterocycles. The van der Waals surface area contributed by atoms with Crippen LogP contribution >= 0.6 is 0 Å². The van der Waals surface area contributed by atoms with Crippen molar-refractivity contribution in [3.8, 4) is 17.9 Å². The van der Waals surface area contributed by atoms with Gasteiger partial charge < -0.3 is 0 Å². The van der Waals surface area contributed by atoms with Gasteiger partial charge in [-0.25, -0.2) is 0 Å². The standard InChI is InChI=1S/C13H11N/c14-10-11-6-8-13(9-7-11)12-4-2-1-3-5-12/h6-9,12H,1-2,4H2. The summed E-state index contributed by atoms with van der Waals surface area (Å²) in [4.78, 5) is 0. The Morgan fingerprint density at radius 3 is 2.64 bits per heavy atom. The molecule has 1 aromatic rings. The van der Waals surface area contributed by atoms with Gasteiger partial charge in [0.15, 0.2) is 0 Å². The van der Waals surface area contributed by atoms with Crippen LogP contribution in [0.3, 0.4) is 0 Å². The Morgan fingerprint density at radius 1 is 1.29 bits per heavy atom. The minimum absolute atomic E-state index is 0.386. The quantitative estimate of drug-likeness (QED) is 0.611. The summed E-state index contributed by atoms with van der Waals surface area (Å²) in [5.74, 6) is 6.77. The van der Waals surface area contributed by atoms with Crippen molar-refractivity contribution in [2.75, 3.05) is 0 Å². The summed E-state index contributed by atoms with van der Waals surface area (Å²) in [6, 6.07) is 9.89. The number of benzene rings is 1. The van der Waals surface area contributed by atoms with E-state index in [2.05, 4.69) is 17.9 Å². The van der Waals surface area contributed by atoms with E-state index in [0.29, 0.717) is 5.92 Å². The number of nitriles is 1. The molecule has 0 fully saturated rings. The number of hydrogen-bond acceptors (Lipinski definition) is 1. The smallest absolute Gasteiger partial charge is 0.0991 e. The maximum atomic E-state index is 8.66. The van der Waals surface area contributed by atoms with Gasteiger partial charge in [-0.05, 0) is 30.5 Å². The summed E-state index contributed by atoms with van der Waals surface area (Å²) < 4.78 is 0. The van der Waals surface area contributed by atoms with E-state index in [1.54, 1.807) is 0 Å². The maximum Gasteiger partial charge on any atom is 0.0991 e. The van der Waals surface area contributed by atoms with Crippen molar-refractivity contribution < 1.29 is 0 Å². The third-order valence-corrected chi connectivity index (χ3v) is 2.51. The molecule has 1 nitrogen and oxygen atoms in total. The van der Waals surface area contributed by atoms with E-state index in [-0.39, 0.29) is 0 Å². The van der Waals surface area contributed by atoms with Crippen LogP contribution in [0.25, 0.3) is 0 Å². The second-order valence-corrected chi connectivity index (χ2v) is 3.50. The minimum Gasteiger partial charge on any atom is -0.192 e. The fourth-order valence-corrected chi connectivity index (χ4v) is 1.70. The molecule has 1 aliphatic rings. The Balaban J connectivity index is 2.23. The largest absolute Gasteiger partial charge is 0.192 e. The first-order valence-corrected chi connectivity index (χ1v) is 4.88. The molecule has 0 N–H and O–H groups in total. The van der Waals surface area contributed by atoms with Crippen LogP contribution in [0.15, 0.2) is 24.3 Å². The average molecular weight is 181 g/mol. The van der Waals surface area contributed by atoms with Crippen LogP contribution in [-0.2, 0) is 0 Å². The fourth-order valence-electron chi connectivity index (χ4n) is 1.70. The summed E-state index contributed by atoms with van der Waals surface area (Å²) in [6.45, 7) is 0. The third kappa shape index (κ3) is 1.78. The lowest BCUT2D eigenvalue weighted by Gasteiger charge is -2.13. The zero-order chi connectivity index (χ0) is 9.80. The van der Waals surface area contributed by atoms with Crippen LogP contribution in [0.5, 0.6) is 0 Å². The molecule has 0 saturated heterocycles. The predicted molar refractivity (Wildman–Crippen MR) is 55.5 cm³/mol. The van der Waals surface area contributed by atoms with E-state index in [4.69, 9.17) is 5.26 Å². The van der Waals surface area contributed by atoms with Crippen molar-refractivity contribution in [3.05, 3.63) is 35.4 Å². The average Bonchev–Trinajstić information content (AvgIpc) is 2.30. The summed E-state index contributed by atoms with van der Waals surface area (Å²) in [6.07, 6.45) is 3.38. The van der Waals surface area contributed by atoms with E-state index in [0.717, 1.165) is 18.4 Å². The lowest BCUT2D eigenvalue weighted by atomic mass is 9.91. The highest BCUT2D eigenvalue weighted by atomic mass is 14.2. The molecule has 1 aromatic carbocycles. The topological polar surface area (TPSA) is 23.8 Å². The van der Waals surface area contributed by atoms with E-state index < -0.39 is 0 Å². The van der Waals surface area contributed by atoms with E-state index in [1.807, 2.05) is 24.3 Å². The second kappa shape index (κ2) is 3.99. The Hall–Kier alpha value is -1.73. The van der Waals surface area contributed by atoms with Crippen molar-refractivity contribution in [2.24, 2.45) is 0 Å². The molecule has 14 heavy (non-hydrogen) atoms. The van der Waals surface area contributed by atoms with Gasteiger partial charge in [0.1, 0.15) is 0 Å². The molecule has 1 unspecified atom stereocenters. The van der Waals surface area contributed by atoms with Gasteiger partial charge in [0.05, 0.1) is 11.6 Å². The van der Waals surface area contributed by atoms with Crippen molar-refractivity contribution in [1.29, 1.82) is 5.26 Å². The van der Waals surface area contributed by atoms with Gasteiger partial charge in [-0.15, -0.1) is 5.92 Å². The Morgan fingerprint density at radius 2 is 2.07 bits per heavy atom. The molecule has 0 bridgehead atoms. The summed E-state index contributed by atoms with van der Waals surface area (Å²) >= 11 is 0. The Labute approximate surface area is 84.4 Å². The number of hydrogen-bond donors (Lipinski definition) is 0. The van der Waals surface area contributed by atoms with Gasteiger partial charge in [-0.3, -0.25) is 0 Å². The van der Waals surface area contributed by atoms with Crippen LogP contribution in [0.2, 0.25) is 0 Å². The van der Waals surface area contributed by atoms with Gasteiger partial charge in [-0.1, -0.05) is 18.1 Å². The van der Waals surface area contributed by atoms with Gasteiger partial charge in [0.25, 0.3) is 0 Å². The first-order valence-electron chi connectivity index (χ1n) is 4.88. The normalized spacial score (nSPS) is 19.2. The lowest BCUT2D eigenvalue weighted by Crippen LogP contribution is -1.99. The summed E-state index contributed by atoms with van der Waals surface area (Å²) in [7, 11) is 0. The Bertz CT molecular complexity index is 411. The van der Waals surface area contributed by atoms with Gasteiger partial charge >= 0.3 is 0 Å². The molecule has 0 amide bonds. The fraction of sp³-hybridized carbons (Fsp3) is 0.308. The van der Waals surface area contributed by atoms with Crippen molar-refractivity contribution in [3.63, 3.8) is 0 Å². The van der Waals surface area contributed by atoms with E-state index in [1.165, 1.54) is 12.0 Å². The van der Waals surface area contributed by atoms with E-state index in [9.17, 15) is 0 Å². The highest BCUT2D eigenvalue weighted by molar-refractivity contribution is 5.36. The number of nitrogens with zero attached hydrogens (tertiary/aromatic N) is 1. The molecule has 1 heteroatoms. The van der Waals surface area contributed by atoms with Gasteiger partial charge in [0, 0.05) is 12.3 Å². The Kier molecular flexibility index (Phi) is 2.52. The SMILES string of the molecule is N#Cc1ccc(C2C#CCCC2)cc1. The monoisotopic (exact) mass is 181 g/mol. The van der Waals surface area contributed by atoms with Crippen LogP contribution in [0.4, 0.5) is 0 Å². The highest BCUT2D eigenvalue weighted by Gasteiger charge is 2.10. The zero-order valence-electron chi connectivity index (χ0n) is 7.96. The molecule has 1 atom stereocenters. The lowest BCUT2D eigenvalue weighted by molar-refractivity contribution is 0.686. The predicted octanol–water partition coefficient (Wildman–Crippen LogP) is 2.83. The molecule has 2 rings (SSSR count). The second-order valence-electron chi connectivity index (χ2n) is 3.50. The molecule has 68 valence electrons. The summed E-state index contributed by atoms with van der Waals surface area (Å²) in [5, 5.41) is 8.66. The summed E-state index contributed by atoms with van der Waals surface area (Å²) in [5.41, 5.74) is 1.97. The minimum atomic E-state index is 0.386. The van der Waals surface area contributed by atoms with Crippen molar-refractivity contribution >= 4 is 0 Å². The van der Waals surface area contributed by atoms with Crippen LogP contribution < -0.4 is 0 Å². The van der Waals surface area contributed by atoms with E-state index >= 15 is 0 Å². The van der Waals surface area contributed by atoms with Crippen LogP contribution in [0.1, 0.15) is 36.3 Å². The van der Waals surface area contributed by atoms with Crippen molar-refractivity contribution in [2.45, 2.75) is 25.2 Å². The first-order chi connectivity index (χ1) is 6.90. The molecular formula is C13H11N. The van der Waals surface area contributed by atoms with Crippen LogP contribution in [-0.4, -0.2) is 0 Å². The molecular weight excluding hydrogens is 170 g/mol. The van der Waals surface area contributed by atoms with Gasteiger partial charge in [-0.2, -0.15) is 5.26 Å². The van der Waals surface area contributed by atoms with Crippen LogP contribution in [0, 0.1) is 23.2 Å². The van der Waals surface area contributed by atoms with Crippen molar-refractivity contribution in [1.82, 2.24) is 0 Å². The van der Waals surface area contributed by atoms with Gasteiger partial charge in [0.2, 0.25) is 0 Å². The first kappa shape index (κ1) is 8.85. The maximum absolute atomic E-state index is 8.66. The molecule has 1 aliphatic carbocycles. The molecule has 0 aliphatic heterocycles. The molecule has 0 saturated carbocycles.